The Bertz CT molecular complexity index is 2200. The Hall–Kier alpha value is -5.76. The first kappa shape index (κ1) is 29.0. The molecule has 5 aromatic carbocycles. The van der Waals surface area contributed by atoms with Gasteiger partial charge >= 0.3 is 0 Å². The molecule has 2 N–H and O–H groups in total. The van der Waals surface area contributed by atoms with Gasteiger partial charge in [-0.15, -0.1) is 0 Å². The van der Waals surface area contributed by atoms with E-state index < -0.39 is 0 Å². The van der Waals surface area contributed by atoms with E-state index in [4.69, 9.17) is 19.9 Å². The van der Waals surface area contributed by atoms with Gasteiger partial charge in [0.25, 0.3) is 22.5 Å². The van der Waals surface area contributed by atoms with E-state index in [1.807, 2.05) is 66.7 Å². The molecule has 2 heterocycles. The van der Waals surface area contributed by atoms with Gasteiger partial charge in [0.05, 0.1) is 11.1 Å². The van der Waals surface area contributed by atoms with Crippen LogP contribution in [0.4, 0.5) is 0 Å². The zero-order chi connectivity index (χ0) is 31.3. The molecule has 0 spiro atoms. The van der Waals surface area contributed by atoms with E-state index in [2.05, 4.69) is 65.1 Å². The number of nitrogens with one attached hydrogen (secondary N) is 2. The van der Waals surface area contributed by atoms with Gasteiger partial charge in [-0.2, -0.15) is 0 Å². The molecule has 7 rings (SSSR count). The molecule has 0 unspecified atom stereocenters. The van der Waals surface area contributed by atoms with Crippen LogP contribution in [0.2, 0.25) is 0 Å². The van der Waals surface area contributed by atoms with Gasteiger partial charge in [0.1, 0.15) is 13.1 Å². The van der Waals surface area contributed by atoms with Crippen LogP contribution in [0.15, 0.2) is 130 Å². The van der Waals surface area contributed by atoms with E-state index in [9.17, 15) is 0 Å². The molecule has 8 heteroatoms. The maximum absolute atomic E-state index is 8.99. The van der Waals surface area contributed by atoms with Crippen molar-refractivity contribution in [3.05, 3.63) is 144 Å². The lowest BCUT2D eigenvalue weighted by molar-refractivity contribution is -0.759. The summed E-state index contributed by atoms with van der Waals surface area (Å²) in [4.78, 5) is 0. The van der Waals surface area contributed by atoms with Crippen molar-refractivity contribution in [3.8, 4) is 33.6 Å². The summed E-state index contributed by atoms with van der Waals surface area (Å²) in [5, 5.41) is 28.6. The SMILES string of the molecule is N=c1o[n-][n+](CCCc2ccccc2)c1-c1c(-c2ccccc2)cc2ccccc2c1-c1c(=N)o[n-][n+]1CCCc1ccccc1. The molecule has 2 aromatic heterocycles. The minimum Gasteiger partial charge on any atom is -0.486 e. The first-order valence-electron chi connectivity index (χ1n) is 15.6. The van der Waals surface area contributed by atoms with Crippen LogP contribution in [-0.4, -0.2) is 0 Å². The van der Waals surface area contributed by atoms with Crippen LogP contribution in [0.3, 0.4) is 0 Å². The monoisotopic (exact) mass is 606 g/mol. The molecule has 0 saturated heterocycles. The van der Waals surface area contributed by atoms with Crippen molar-refractivity contribution in [2.45, 2.75) is 38.8 Å². The van der Waals surface area contributed by atoms with Gasteiger partial charge in [0, 0.05) is 12.8 Å². The first-order chi connectivity index (χ1) is 22.7. The van der Waals surface area contributed by atoms with Gasteiger partial charge in [-0.3, -0.25) is 21.4 Å². The first-order valence-corrected chi connectivity index (χ1v) is 15.6. The number of nitrogens with zero attached hydrogens (tertiary/aromatic N) is 4. The minimum atomic E-state index is -0.0352. The summed E-state index contributed by atoms with van der Waals surface area (Å²) in [5.74, 6) is 0. The third kappa shape index (κ3) is 5.85. The summed E-state index contributed by atoms with van der Waals surface area (Å²) in [7, 11) is 0. The molecule has 0 aliphatic heterocycles. The van der Waals surface area contributed by atoms with Crippen molar-refractivity contribution in [2.75, 3.05) is 0 Å². The molecule has 0 radical (unpaired) electrons. The summed E-state index contributed by atoms with van der Waals surface area (Å²) < 4.78 is 14.8. The van der Waals surface area contributed by atoms with E-state index in [1.165, 1.54) is 11.1 Å². The molecule has 0 fully saturated rings. The molecule has 0 saturated carbocycles. The van der Waals surface area contributed by atoms with Crippen molar-refractivity contribution in [1.29, 1.82) is 10.8 Å². The fourth-order valence-electron chi connectivity index (χ4n) is 6.21. The second-order valence-corrected chi connectivity index (χ2v) is 11.4. The largest absolute Gasteiger partial charge is 0.486 e. The van der Waals surface area contributed by atoms with E-state index in [-0.39, 0.29) is 11.1 Å². The third-order valence-corrected chi connectivity index (χ3v) is 8.37. The molecule has 0 atom stereocenters. The van der Waals surface area contributed by atoms with Crippen LogP contribution in [0, 0.1) is 10.8 Å². The molecule has 0 aliphatic rings. The lowest BCUT2D eigenvalue weighted by Crippen LogP contribution is -2.42. The summed E-state index contributed by atoms with van der Waals surface area (Å²) in [6.07, 6.45) is 3.37. The van der Waals surface area contributed by atoms with Crippen molar-refractivity contribution in [3.63, 3.8) is 0 Å². The Kier molecular flexibility index (Phi) is 8.24. The van der Waals surface area contributed by atoms with Crippen LogP contribution >= 0.6 is 0 Å². The second kappa shape index (κ2) is 13.1. The van der Waals surface area contributed by atoms with Crippen LogP contribution in [0.25, 0.3) is 44.4 Å². The topological polar surface area (TPSA) is 110 Å². The van der Waals surface area contributed by atoms with E-state index in [0.717, 1.165) is 58.7 Å². The number of fused-ring (bicyclic) bond motifs is 1. The molecule has 7 aromatic rings. The normalized spacial score (nSPS) is 11.3. The zero-order valence-corrected chi connectivity index (χ0v) is 25.4. The summed E-state index contributed by atoms with van der Waals surface area (Å²) in [6, 6.07) is 41.2. The number of aromatic nitrogens is 4. The molecule has 228 valence electrons. The Morgan fingerprint density at radius 3 is 1.59 bits per heavy atom. The lowest BCUT2D eigenvalue weighted by Gasteiger charge is -2.16. The highest BCUT2D eigenvalue weighted by atomic mass is 16.5. The van der Waals surface area contributed by atoms with E-state index >= 15 is 0 Å². The lowest BCUT2D eigenvalue weighted by atomic mass is 9.87. The average molecular weight is 607 g/mol. The maximum atomic E-state index is 8.99. The number of hydrogen-bond donors (Lipinski definition) is 2. The molecule has 0 amide bonds. The predicted octanol–water partition coefficient (Wildman–Crippen LogP) is 5.74. The standard InChI is InChI=1S/C38H34N6O2/c39-37-35(43(41-45-37)24-12-18-27-14-4-1-5-15-27)33-31-23-11-10-22-30(31)26-32(29-20-8-3-9-21-29)34(33)36-38(40)46-42-44(36)25-13-19-28-16-6-2-7-17-28/h1-11,14-17,20-23,26,39-40H,12-13,18-19,24-25H2. The second-order valence-electron chi connectivity index (χ2n) is 11.4. The number of hydrogen-bond acceptors (Lipinski definition) is 4. The van der Waals surface area contributed by atoms with Crippen LogP contribution < -0.4 is 31.0 Å². The van der Waals surface area contributed by atoms with Gasteiger partial charge in [-0.05, 0) is 51.9 Å². The van der Waals surface area contributed by atoms with Gasteiger partial charge < -0.3 is 9.05 Å². The fraction of sp³-hybridized carbons (Fsp3) is 0.158. The molecular formula is C38H34N6O2. The Morgan fingerprint density at radius 1 is 0.543 bits per heavy atom. The molecule has 8 nitrogen and oxygen atoms in total. The van der Waals surface area contributed by atoms with Gasteiger partial charge in [-0.1, -0.05) is 115 Å². The van der Waals surface area contributed by atoms with Crippen molar-refractivity contribution in [2.24, 2.45) is 0 Å². The summed E-state index contributed by atoms with van der Waals surface area (Å²) >= 11 is 0. The van der Waals surface area contributed by atoms with Crippen LogP contribution in [-0.2, 0) is 25.9 Å². The highest BCUT2D eigenvalue weighted by Crippen LogP contribution is 2.41. The summed E-state index contributed by atoms with van der Waals surface area (Å²) in [5.41, 5.74) is 6.99. The van der Waals surface area contributed by atoms with Crippen molar-refractivity contribution >= 4 is 10.8 Å². The predicted molar refractivity (Wildman–Crippen MR) is 173 cm³/mol. The Morgan fingerprint density at radius 2 is 1.02 bits per heavy atom. The Balaban J connectivity index is 1.40. The smallest absolute Gasteiger partial charge is 0.273 e. The van der Waals surface area contributed by atoms with Crippen LogP contribution in [0.1, 0.15) is 24.0 Å². The quantitative estimate of drug-likeness (QED) is 0.183. The van der Waals surface area contributed by atoms with Crippen LogP contribution in [0.5, 0.6) is 0 Å². The van der Waals surface area contributed by atoms with Crippen molar-refractivity contribution < 1.29 is 18.4 Å². The highest BCUT2D eigenvalue weighted by molar-refractivity contribution is 6.07. The third-order valence-electron chi connectivity index (χ3n) is 8.37. The minimum absolute atomic E-state index is 0.0325. The molecule has 0 bridgehead atoms. The number of rotatable bonds is 11. The number of benzene rings is 5. The maximum Gasteiger partial charge on any atom is 0.273 e. The van der Waals surface area contributed by atoms with Gasteiger partial charge in [0.15, 0.2) is 0 Å². The number of aryl methyl sites for hydroxylation is 4. The molecule has 46 heavy (non-hydrogen) atoms. The zero-order valence-electron chi connectivity index (χ0n) is 25.4. The molecule has 0 aliphatic carbocycles. The summed E-state index contributed by atoms with van der Waals surface area (Å²) in [6.45, 7) is 1.12. The van der Waals surface area contributed by atoms with E-state index in [1.54, 1.807) is 9.36 Å². The van der Waals surface area contributed by atoms with Gasteiger partial charge in [0.2, 0.25) is 0 Å². The average Bonchev–Trinajstić information content (AvgIpc) is 3.65. The Labute approximate surface area is 266 Å². The van der Waals surface area contributed by atoms with E-state index in [0.29, 0.717) is 24.5 Å². The van der Waals surface area contributed by atoms with Gasteiger partial charge in [-0.25, -0.2) is 9.36 Å². The highest BCUT2D eigenvalue weighted by Gasteiger charge is 2.31. The van der Waals surface area contributed by atoms with Crippen molar-refractivity contribution in [1.82, 2.24) is 10.5 Å². The molecular weight excluding hydrogens is 572 g/mol. The fourth-order valence-corrected chi connectivity index (χ4v) is 6.21.